The van der Waals surface area contributed by atoms with Gasteiger partial charge in [-0.3, -0.25) is 4.79 Å². The summed E-state index contributed by atoms with van der Waals surface area (Å²) in [6.45, 7) is 4.69. The number of nitrogens with one attached hydrogen (secondary N) is 1. The number of rotatable bonds is 5. The van der Waals surface area contributed by atoms with Crippen LogP contribution in [-0.4, -0.2) is 23.4 Å². The zero-order valence-electron chi connectivity index (χ0n) is 16.1. The molecule has 0 radical (unpaired) electrons. The summed E-state index contributed by atoms with van der Waals surface area (Å²) in [4.78, 5) is 16.9. The van der Waals surface area contributed by atoms with Gasteiger partial charge in [-0.2, -0.15) is 5.26 Å². The van der Waals surface area contributed by atoms with Gasteiger partial charge in [0.15, 0.2) is 11.5 Å². The monoisotopic (exact) mass is 405 g/mol. The molecule has 3 aromatic rings. The molecule has 0 aliphatic carbocycles. The molecule has 29 heavy (non-hydrogen) atoms. The van der Waals surface area contributed by atoms with E-state index in [0.29, 0.717) is 28.6 Å². The molecule has 146 valence electrons. The number of carbonyl (C=O) groups excluding carboxylic acids is 1. The van der Waals surface area contributed by atoms with Gasteiger partial charge in [0.25, 0.3) is 0 Å². The zero-order valence-corrected chi connectivity index (χ0v) is 16.9. The number of ether oxygens (including phenoxy) is 2. The summed E-state index contributed by atoms with van der Waals surface area (Å²) in [5.74, 6) is 1.46. The summed E-state index contributed by atoms with van der Waals surface area (Å²) in [6, 6.07) is 13.7. The van der Waals surface area contributed by atoms with E-state index >= 15 is 0 Å². The molecule has 7 heteroatoms. The van der Waals surface area contributed by atoms with Gasteiger partial charge in [-0.05, 0) is 60.9 Å². The van der Waals surface area contributed by atoms with Crippen molar-refractivity contribution in [2.45, 2.75) is 25.4 Å². The highest BCUT2D eigenvalue weighted by molar-refractivity contribution is 8.00. The molecule has 6 nitrogen and oxygen atoms in total. The normalized spacial score (nSPS) is 12.0. The Balaban J connectivity index is 1.41. The Kier molecular flexibility index (Phi) is 5.28. The van der Waals surface area contributed by atoms with E-state index in [-0.39, 0.29) is 18.5 Å². The average molecular weight is 405 g/mol. The van der Waals surface area contributed by atoms with E-state index in [1.165, 1.54) is 11.8 Å². The van der Waals surface area contributed by atoms with Crippen molar-refractivity contribution in [3.05, 3.63) is 58.7 Å². The lowest BCUT2D eigenvalue weighted by molar-refractivity contribution is -0.118. The second-order valence-electron chi connectivity index (χ2n) is 6.84. The predicted molar refractivity (Wildman–Crippen MR) is 111 cm³/mol. The fourth-order valence-corrected chi connectivity index (χ4v) is 3.84. The first-order chi connectivity index (χ1) is 14.0. The Labute approximate surface area is 172 Å². The van der Waals surface area contributed by atoms with Crippen LogP contribution >= 0.6 is 11.8 Å². The van der Waals surface area contributed by atoms with E-state index in [4.69, 9.17) is 9.47 Å². The van der Waals surface area contributed by atoms with Crippen LogP contribution in [-0.2, 0) is 11.3 Å². The molecular weight excluding hydrogens is 386 g/mol. The van der Waals surface area contributed by atoms with Crippen molar-refractivity contribution in [1.29, 1.82) is 5.26 Å². The van der Waals surface area contributed by atoms with Crippen molar-refractivity contribution in [2.75, 3.05) is 12.5 Å². The second kappa shape index (κ2) is 8.02. The molecule has 2 heterocycles. The number of hydrogen-bond acceptors (Lipinski definition) is 6. The number of amides is 1. The van der Waals surface area contributed by atoms with Gasteiger partial charge in [-0.1, -0.05) is 17.8 Å². The summed E-state index contributed by atoms with van der Waals surface area (Å²) < 4.78 is 10.6. The SMILES string of the molecule is Cc1cc2cc(C#N)c(SCC(=O)NCc3ccc4c(c3)OCO4)nc2cc1C. The second-order valence-corrected chi connectivity index (χ2v) is 7.80. The lowest BCUT2D eigenvalue weighted by Gasteiger charge is -2.09. The van der Waals surface area contributed by atoms with E-state index in [1.807, 2.05) is 50.2 Å². The maximum atomic E-state index is 12.3. The topological polar surface area (TPSA) is 84.2 Å². The molecule has 0 bridgehead atoms. The van der Waals surface area contributed by atoms with Crippen molar-refractivity contribution in [1.82, 2.24) is 10.3 Å². The summed E-state index contributed by atoms with van der Waals surface area (Å²) in [6.07, 6.45) is 0. The van der Waals surface area contributed by atoms with E-state index < -0.39 is 0 Å². The smallest absolute Gasteiger partial charge is 0.231 e. The third-order valence-corrected chi connectivity index (χ3v) is 5.77. The number of fused-ring (bicyclic) bond motifs is 2. The number of nitrogens with zero attached hydrogens (tertiary/aromatic N) is 2. The molecule has 1 aliphatic heterocycles. The molecule has 1 amide bonds. The van der Waals surface area contributed by atoms with Gasteiger partial charge in [-0.15, -0.1) is 0 Å². The Morgan fingerprint density at radius 1 is 1.17 bits per heavy atom. The number of benzene rings is 2. The van der Waals surface area contributed by atoms with Gasteiger partial charge >= 0.3 is 0 Å². The third kappa shape index (κ3) is 4.13. The molecule has 0 saturated heterocycles. The van der Waals surface area contributed by atoms with Crippen molar-refractivity contribution >= 4 is 28.6 Å². The van der Waals surface area contributed by atoms with Crippen LogP contribution < -0.4 is 14.8 Å². The highest BCUT2D eigenvalue weighted by Crippen LogP contribution is 2.32. The number of thioether (sulfide) groups is 1. The lowest BCUT2D eigenvalue weighted by Crippen LogP contribution is -2.24. The van der Waals surface area contributed by atoms with E-state index in [0.717, 1.165) is 27.6 Å². The van der Waals surface area contributed by atoms with Crippen molar-refractivity contribution in [3.63, 3.8) is 0 Å². The van der Waals surface area contributed by atoms with Gasteiger partial charge in [0.2, 0.25) is 12.7 Å². The quantitative estimate of drug-likeness (QED) is 0.649. The van der Waals surface area contributed by atoms with Crippen molar-refractivity contribution in [3.8, 4) is 17.6 Å². The Hall–Kier alpha value is -3.24. The molecule has 0 unspecified atom stereocenters. The highest BCUT2D eigenvalue weighted by Gasteiger charge is 2.14. The molecule has 0 atom stereocenters. The number of aromatic nitrogens is 1. The van der Waals surface area contributed by atoms with Crippen LogP contribution in [0, 0.1) is 25.2 Å². The number of aryl methyl sites for hydroxylation is 2. The molecule has 1 N–H and O–H groups in total. The Morgan fingerprint density at radius 2 is 1.97 bits per heavy atom. The van der Waals surface area contributed by atoms with Crippen LogP contribution in [0.5, 0.6) is 11.5 Å². The maximum absolute atomic E-state index is 12.3. The summed E-state index contributed by atoms with van der Waals surface area (Å²) in [5, 5.41) is 13.9. The predicted octanol–water partition coefficient (Wildman–Crippen LogP) is 3.86. The fourth-order valence-electron chi connectivity index (χ4n) is 3.05. The van der Waals surface area contributed by atoms with Crippen LogP contribution in [0.1, 0.15) is 22.3 Å². The largest absolute Gasteiger partial charge is 0.454 e. The van der Waals surface area contributed by atoms with Crippen LogP contribution in [0.2, 0.25) is 0 Å². The van der Waals surface area contributed by atoms with Crippen LogP contribution in [0.25, 0.3) is 10.9 Å². The first-order valence-corrected chi connectivity index (χ1v) is 10.1. The summed E-state index contributed by atoms with van der Waals surface area (Å²) in [7, 11) is 0. The molecule has 4 rings (SSSR count). The van der Waals surface area contributed by atoms with Crippen LogP contribution in [0.15, 0.2) is 41.4 Å². The van der Waals surface area contributed by atoms with Crippen molar-refractivity contribution < 1.29 is 14.3 Å². The maximum Gasteiger partial charge on any atom is 0.231 e. The number of nitriles is 1. The zero-order chi connectivity index (χ0) is 20.4. The molecule has 1 aliphatic rings. The fraction of sp³-hybridized carbons (Fsp3) is 0.227. The first-order valence-electron chi connectivity index (χ1n) is 9.13. The number of hydrogen-bond donors (Lipinski definition) is 1. The minimum Gasteiger partial charge on any atom is -0.454 e. The van der Waals surface area contributed by atoms with Crippen LogP contribution in [0.4, 0.5) is 0 Å². The van der Waals surface area contributed by atoms with Gasteiger partial charge in [-0.25, -0.2) is 4.98 Å². The first kappa shape index (κ1) is 19.1. The van der Waals surface area contributed by atoms with Crippen molar-refractivity contribution in [2.24, 2.45) is 0 Å². The average Bonchev–Trinajstić information content (AvgIpc) is 3.19. The van der Waals surface area contributed by atoms with E-state index in [1.54, 1.807) is 0 Å². The summed E-state index contributed by atoms with van der Waals surface area (Å²) in [5.41, 5.74) is 4.54. The molecule has 0 fully saturated rings. The Bertz CT molecular complexity index is 1150. The number of carbonyl (C=O) groups is 1. The highest BCUT2D eigenvalue weighted by atomic mass is 32.2. The Morgan fingerprint density at radius 3 is 2.79 bits per heavy atom. The standard InChI is InChI=1S/C22H19N3O3S/c1-13-5-16-8-17(9-23)22(25-18(16)6-14(13)2)29-11-21(26)24-10-15-3-4-19-20(7-15)28-12-27-19/h3-8H,10-12H2,1-2H3,(H,24,26). The van der Waals surface area contributed by atoms with Crippen LogP contribution in [0.3, 0.4) is 0 Å². The molecule has 0 saturated carbocycles. The summed E-state index contributed by atoms with van der Waals surface area (Å²) >= 11 is 1.27. The van der Waals surface area contributed by atoms with E-state index in [9.17, 15) is 10.1 Å². The van der Waals surface area contributed by atoms with Gasteiger partial charge in [0, 0.05) is 11.9 Å². The van der Waals surface area contributed by atoms with E-state index in [2.05, 4.69) is 16.4 Å². The molecule has 0 spiro atoms. The van der Waals surface area contributed by atoms with Gasteiger partial charge < -0.3 is 14.8 Å². The van der Waals surface area contributed by atoms with Gasteiger partial charge in [0.05, 0.1) is 16.8 Å². The third-order valence-electron chi connectivity index (χ3n) is 4.78. The van der Waals surface area contributed by atoms with Gasteiger partial charge in [0.1, 0.15) is 11.1 Å². The molecular formula is C22H19N3O3S. The minimum absolute atomic E-state index is 0.126. The molecule has 2 aromatic carbocycles. The molecule has 1 aromatic heterocycles. The number of pyridine rings is 1. The minimum atomic E-state index is -0.126. The lowest BCUT2D eigenvalue weighted by atomic mass is 10.1.